The second-order valence-corrected chi connectivity index (χ2v) is 4.54. The predicted octanol–water partition coefficient (Wildman–Crippen LogP) is 2.79. The third-order valence-corrected chi connectivity index (χ3v) is 2.95. The zero-order chi connectivity index (χ0) is 12.0. The largest absolute Gasteiger partial charge is 0.469 e. The van der Waals surface area contributed by atoms with Crippen molar-refractivity contribution in [3.8, 4) is 0 Å². The molecule has 3 nitrogen and oxygen atoms in total. The van der Waals surface area contributed by atoms with Gasteiger partial charge in [-0.05, 0) is 30.5 Å². The lowest BCUT2D eigenvalue weighted by Crippen LogP contribution is -2.11. The quantitative estimate of drug-likeness (QED) is 0.847. The topological polar surface area (TPSA) is 52.3 Å². The molecule has 4 heteroatoms. The van der Waals surface area contributed by atoms with Crippen LogP contribution in [0.1, 0.15) is 30.9 Å². The van der Waals surface area contributed by atoms with E-state index in [1.54, 1.807) is 0 Å². The number of carbonyl (C=O) groups excluding carboxylic acids is 1. The second kappa shape index (κ2) is 6.66. The third-order valence-electron chi connectivity index (χ3n) is 2.42. The van der Waals surface area contributed by atoms with Crippen LogP contribution in [-0.2, 0) is 9.53 Å². The first-order valence-corrected chi connectivity index (χ1v) is 6.00. The smallest absolute Gasteiger partial charge is 0.305 e. The van der Waals surface area contributed by atoms with Gasteiger partial charge in [0.15, 0.2) is 0 Å². The molecule has 0 saturated heterocycles. The molecule has 88 valence electrons. The fraction of sp³-hybridized carbons (Fsp3) is 0.417. The fourth-order valence-electron chi connectivity index (χ4n) is 1.45. The molecule has 0 bridgehead atoms. The summed E-state index contributed by atoms with van der Waals surface area (Å²) in [4.78, 5) is 10.9. The van der Waals surface area contributed by atoms with Crippen molar-refractivity contribution in [1.82, 2.24) is 0 Å². The maximum atomic E-state index is 10.9. The first-order chi connectivity index (χ1) is 7.63. The number of carbonyl (C=O) groups is 1. The molecule has 0 aromatic heterocycles. The SMILES string of the molecule is COC(=O)CCCC(N)c1ccc(Br)cc1. The Bertz CT molecular complexity index is 337. The van der Waals surface area contributed by atoms with Crippen molar-refractivity contribution in [2.45, 2.75) is 25.3 Å². The Hall–Kier alpha value is -0.870. The van der Waals surface area contributed by atoms with E-state index in [2.05, 4.69) is 20.7 Å². The summed E-state index contributed by atoms with van der Waals surface area (Å²) >= 11 is 3.37. The number of nitrogens with two attached hydrogens (primary N) is 1. The minimum atomic E-state index is -0.178. The van der Waals surface area contributed by atoms with Gasteiger partial charge in [-0.15, -0.1) is 0 Å². The molecule has 0 radical (unpaired) electrons. The number of halogens is 1. The molecule has 1 rings (SSSR count). The highest BCUT2D eigenvalue weighted by Gasteiger charge is 2.07. The molecule has 1 atom stereocenters. The molecule has 2 N–H and O–H groups in total. The molecule has 0 saturated carbocycles. The van der Waals surface area contributed by atoms with E-state index in [0.29, 0.717) is 6.42 Å². The summed E-state index contributed by atoms with van der Waals surface area (Å²) in [6, 6.07) is 7.91. The maximum absolute atomic E-state index is 10.9. The van der Waals surface area contributed by atoms with Crippen molar-refractivity contribution >= 4 is 21.9 Å². The lowest BCUT2D eigenvalue weighted by atomic mass is 10.0. The van der Waals surface area contributed by atoms with Gasteiger partial charge in [-0.25, -0.2) is 0 Å². The zero-order valence-corrected chi connectivity index (χ0v) is 10.9. The number of methoxy groups -OCH3 is 1. The average Bonchev–Trinajstić information content (AvgIpc) is 2.29. The Balaban J connectivity index is 2.37. The molecule has 0 aliphatic carbocycles. The van der Waals surface area contributed by atoms with Gasteiger partial charge in [0, 0.05) is 16.9 Å². The van der Waals surface area contributed by atoms with E-state index >= 15 is 0 Å². The first kappa shape index (κ1) is 13.2. The molecule has 1 unspecified atom stereocenters. The van der Waals surface area contributed by atoms with Crippen molar-refractivity contribution in [3.63, 3.8) is 0 Å². The van der Waals surface area contributed by atoms with E-state index in [9.17, 15) is 4.79 Å². The second-order valence-electron chi connectivity index (χ2n) is 3.63. The minimum absolute atomic E-state index is 0.0160. The van der Waals surface area contributed by atoms with Gasteiger partial charge < -0.3 is 10.5 Å². The maximum Gasteiger partial charge on any atom is 0.305 e. The Morgan fingerprint density at radius 1 is 1.44 bits per heavy atom. The Morgan fingerprint density at radius 2 is 2.06 bits per heavy atom. The summed E-state index contributed by atoms with van der Waals surface area (Å²) in [6.45, 7) is 0. The molecule has 1 aromatic rings. The van der Waals surface area contributed by atoms with Crippen LogP contribution in [0.15, 0.2) is 28.7 Å². The Kier molecular flexibility index (Phi) is 5.49. The van der Waals surface area contributed by atoms with Crippen molar-refractivity contribution in [2.24, 2.45) is 5.73 Å². The third kappa shape index (κ3) is 4.33. The van der Waals surface area contributed by atoms with Gasteiger partial charge in [-0.2, -0.15) is 0 Å². The summed E-state index contributed by atoms with van der Waals surface area (Å²) in [5, 5.41) is 0. The summed E-state index contributed by atoms with van der Waals surface area (Å²) < 4.78 is 5.61. The van der Waals surface area contributed by atoms with E-state index in [-0.39, 0.29) is 12.0 Å². The molecular weight excluding hydrogens is 270 g/mol. The molecule has 1 aromatic carbocycles. The molecule has 0 amide bonds. The van der Waals surface area contributed by atoms with Crippen molar-refractivity contribution in [1.29, 1.82) is 0 Å². The lowest BCUT2D eigenvalue weighted by Gasteiger charge is -2.11. The molecule has 16 heavy (non-hydrogen) atoms. The van der Waals surface area contributed by atoms with Gasteiger partial charge in [-0.3, -0.25) is 4.79 Å². The summed E-state index contributed by atoms with van der Waals surface area (Å²) in [5.41, 5.74) is 7.10. The van der Waals surface area contributed by atoms with E-state index < -0.39 is 0 Å². The van der Waals surface area contributed by atoms with Crippen LogP contribution in [-0.4, -0.2) is 13.1 Å². The zero-order valence-electron chi connectivity index (χ0n) is 9.28. The van der Waals surface area contributed by atoms with Crippen LogP contribution < -0.4 is 5.73 Å². The highest BCUT2D eigenvalue weighted by molar-refractivity contribution is 9.10. The van der Waals surface area contributed by atoms with Crippen molar-refractivity contribution in [2.75, 3.05) is 7.11 Å². The molecular formula is C12H16BrNO2. The summed E-state index contributed by atoms with van der Waals surface area (Å²) in [6.07, 6.45) is 1.97. The first-order valence-electron chi connectivity index (χ1n) is 5.21. The average molecular weight is 286 g/mol. The van der Waals surface area contributed by atoms with Gasteiger partial charge in [-0.1, -0.05) is 28.1 Å². The highest BCUT2D eigenvalue weighted by Crippen LogP contribution is 2.19. The molecule has 0 aliphatic rings. The molecule has 0 spiro atoms. The number of esters is 1. The number of benzene rings is 1. The van der Waals surface area contributed by atoms with Crippen LogP contribution in [0.5, 0.6) is 0 Å². The normalized spacial score (nSPS) is 12.2. The van der Waals surface area contributed by atoms with Crippen LogP contribution in [0.25, 0.3) is 0 Å². The summed E-state index contributed by atoms with van der Waals surface area (Å²) in [7, 11) is 1.40. The standard InChI is InChI=1S/C12H16BrNO2/c1-16-12(15)4-2-3-11(14)9-5-7-10(13)8-6-9/h5-8,11H,2-4,14H2,1H3. The van der Waals surface area contributed by atoms with Crippen LogP contribution in [0.2, 0.25) is 0 Å². The van der Waals surface area contributed by atoms with E-state index in [1.165, 1.54) is 7.11 Å². The predicted molar refractivity (Wildman–Crippen MR) is 66.9 cm³/mol. The molecule has 0 heterocycles. The number of hydrogen-bond donors (Lipinski definition) is 1. The minimum Gasteiger partial charge on any atom is -0.469 e. The Morgan fingerprint density at radius 3 is 2.62 bits per heavy atom. The number of hydrogen-bond acceptors (Lipinski definition) is 3. The van der Waals surface area contributed by atoms with Crippen LogP contribution in [0, 0.1) is 0 Å². The fourth-order valence-corrected chi connectivity index (χ4v) is 1.71. The van der Waals surface area contributed by atoms with Gasteiger partial charge in [0.2, 0.25) is 0 Å². The van der Waals surface area contributed by atoms with Crippen LogP contribution in [0.4, 0.5) is 0 Å². The van der Waals surface area contributed by atoms with Crippen molar-refractivity contribution in [3.05, 3.63) is 34.3 Å². The van der Waals surface area contributed by atoms with Crippen LogP contribution >= 0.6 is 15.9 Å². The lowest BCUT2D eigenvalue weighted by molar-refractivity contribution is -0.140. The van der Waals surface area contributed by atoms with E-state index in [4.69, 9.17) is 5.73 Å². The number of rotatable bonds is 5. The monoisotopic (exact) mass is 285 g/mol. The van der Waals surface area contributed by atoms with Gasteiger partial charge in [0.25, 0.3) is 0 Å². The van der Waals surface area contributed by atoms with Gasteiger partial charge in [0.1, 0.15) is 0 Å². The summed E-state index contributed by atoms with van der Waals surface area (Å²) in [5.74, 6) is -0.178. The Labute approximate surface area is 104 Å². The van der Waals surface area contributed by atoms with E-state index in [1.807, 2.05) is 24.3 Å². The van der Waals surface area contributed by atoms with Crippen molar-refractivity contribution < 1.29 is 9.53 Å². The molecule has 0 fully saturated rings. The van der Waals surface area contributed by atoms with Crippen LogP contribution in [0.3, 0.4) is 0 Å². The van der Waals surface area contributed by atoms with Gasteiger partial charge >= 0.3 is 5.97 Å². The molecule has 0 aliphatic heterocycles. The van der Waals surface area contributed by atoms with E-state index in [0.717, 1.165) is 22.9 Å². The number of ether oxygens (including phenoxy) is 1. The highest BCUT2D eigenvalue weighted by atomic mass is 79.9. The van der Waals surface area contributed by atoms with Gasteiger partial charge in [0.05, 0.1) is 7.11 Å².